The number of hydrogen-bond donors (Lipinski definition) is 2. The molecule has 0 radical (unpaired) electrons. The lowest BCUT2D eigenvalue weighted by molar-refractivity contribution is -0.386. The van der Waals surface area contributed by atoms with E-state index in [4.69, 9.17) is 4.74 Å². The van der Waals surface area contributed by atoms with Gasteiger partial charge in [0.15, 0.2) is 5.75 Å². The van der Waals surface area contributed by atoms with Crippen LogP contribution in [0.2, 0.25) is 0 Å². The third-order valence-electron chi connectivity index (χ3n) is 2.51. The van der Waals surface area contributed by atoms with Gasteiger partial charge in [-0.15, -0.1) is 0 Å². The van der Waals surface area contributed by atoms with E-state index in [-0.39, 0.29) is 22.8 Å². The molecule has 9 heteroatoms. The molecule has 0 atom stereocenters. The number of aromatic hydroxyl groups is 1. The summed E-state index contributed by atoms with van der Waals surface area (Å²) in [7, 11) is 0. The number of rotatable bonds is 4. The minimum Gasteiger partial charge on any atom is -0.500 e. The summed E-state index contributed by atoms with van der Waals surface area (Å²) in [6, 6.07) is 2.46. The molecule has 1 aliphatic rings. The van der Waals surface area contributed by atoms with Gasteiger partial charge < -0.3 is 9.84 Å². The van der Waals surface area contributed by atoms with Gasteiger partial charge in [0, 0.05) is 6.07 Å². The summed E-state index contributed by atoms with van der Waals surface area (Å²) in [5.41, 5.74) is -0.266. The fourth-order valence-corrected chi connectivity index (χ4v) is 2.36. The number of nitrogens with zero attached hydrogens (tertiary/aromatic N) is 1. The van der Waals surface area contributed by atoms with Gasteiger partial charge in [-0.1, -0.05) is 0 Å². The molecular formula is C12H10N2O6S. The predicted molar refractivity (Wildman–Crippen MR) is 75.0 cm³/mol. The topological polar surface area (TPSA) is 119 Å². The Labute approximate surface area is 122 Å². The summed E-state index contributed by atoms with van der Waals surface area (Å²) in [4.78, 5) is 32.8. The molecule has 0 aromatic heterocycles. The van der Waals surface area contributed by atoms with Crippen molar-refractivity contribution in [2.45, 2.75) is 6.92 Å². The van der Waals surface area contributed by atoms with Crippen LogP contribution in [-0.4, -0.2) is 27.8 Å². The van der Waals surface area contributed by atoms with Crippen LogP contribution in [0.1, 0.15) is 12.5 Å². The first kappa shape index (κ1) is 14.9. The highest BCUT2D eigenvalue weighted by molar-refractivity contribution is 8.18. The van der Waals surface area contributed by atoms with Crippen molar-refractivity contribution in [1.29, 1.82) is 0 Å². The number of hydrogen-bond acceptors (Lipinski definition) is 7. The number of benzene rings is 1. The molecule has 0 bridgehead atoms. The average Bonchev–Trinajstić information content (AvgIpc) is 2.71. The number of amides is 2. The third kappa shape index (κ3) is 3.14. The number of ether oxygens (including phenoxy) is 1. The molecular weight excluding hydrogens is 300 g/mol. The van der Waals surface area contributed by atoms with Crippen LogP contribution >= 0.6 is 11.8 Å². The van der Waals surface area contributed by atoms with E-state index < -0.39 is 27.5 Å². The van der Waals surface area contributed by atoms with Crippen LogP contribution in [0.25, 0.3) is 6.08 Å². The van der Waals surface area contributed by atoms with Gasteiger partial charge in [0.2, 0.25) is 5.75 Å². The Morgan fingerprint density at radius 2 is 2.19 bits per heavy atom. The zero-order chi connectivity index (χ0) is 15.6. The van der Waals surface area contributed by atoms with E-state index in [9.17, 15) is 24.8 Å². The summed E-state index contributed by atoms with van der Waals surface area (Å²) in [6.07, 6.45) is 1.32. The first-order chi connectivity index (χ1) is 9.92. The molecule has 0 aliphatic carbocycles. The summed E-state index contributed by atoms with van der Waals surface area (Å²) in [6.45, 7) is 1.87. The van der Waals surface area contributed by atoms with Crippen LogP contribution in [0.5, 0.6) is 11.5 Å². The van der Waals surface area contributed by atoms with Crippen LogP contribution in [0.15, 0.2) is 17.0 Å². The zero-order valence-corrected chi connectivity index (χ0v) is 11.6. The Bertz CT molecular complexity index is 670. The largest absolute Gasteiger partial charge is 0.500 e. The number of phenols is 1. The van der Waals surface area contributed by atoms with Crippen molar-refractivity contribution < 1.29 is 24.4 Å². The Balaban J connectivity index is 2.49. The van der Waals surface area contributed by atoms with Crippen molar-refractivity contribution >= 4 is 34.7 Å². The number of nitrogens with one attached hydrogen (secondary N) is 1. The summed E-state index contributed by atoms with van der Waals surface area (Å²) >= 11 is 0.695. The molecule has 1 aliphatic heterocycles. The van der Waals surface area contributed by atoms with Gasteiger partial charge in [-0.3, -0.25) is 25.0 Å². The number of carbonyl (C=O) groups is 2. The summed E-state index contributed by atoms with van der Waals surface area (Å²) in [5.74, 6) is -1.21. The first-order valence-electron chi connectivity index (χ1n) is 5.81. The third-order valence-corrected chi connectivity index (χ3v) is 3.32. The Hall–Kier alpha value is -2.55. The zero-order valence-electron chi connectivity index (χ0n) is 10.8. The fraction of sp³-hybridized carbons (Fsp3) is 0.167. The van der Waals surface area contributed by atoms with E-state index in [0.29, 0.717) is 11.8 Å². The van der Waals surface area contributed by atoms with E-state index in [1.165, 1.54) is 12.1 Å². The Kier molecular flexibility index (Phi) is 4.13. The predicted octanol–water partition coefficient (Wildman–Crippen LogP) is 2.02. The van der Waals surface area contributed by atoms with E-state index in [2.05, 4.69) is 5.32 Å². The second-order valence-electron chi connectivity index (χ2n) is 3.93. The molecule has 8 nitrogen and oxygen atoms in total. The van der Waals surface area contributed by atoms with Crippen LogP contribution in [0.4, 0.5) is 10.5 Å². The van der Waals surface area contributed by atoms with Gasteiger partial charge in [-0.25, -0.2) is 0 Å². The molecule has 2 amide bonds. The highest BCUT2D eigenvalue weighted by atomic mass is 32.2. The van der Waals surface area contributed by atoms with E-state index in [1.807, 2.05) is 0 Å². The SMILES string of the molecule is CCOc1cc(/C=C2/SC(=O)NC2=O)cc([N+](=O)[O-])c1O. The van der Waals surface area contributed by atoms with Crippen molar-refractivity contribution in [3.05, 3.63) is 32.7 Å². The second-order valence-corrected chi connectivity index (χ2v) is 4.94. The second kappa shape index (κ2) is 5.83. The highest BCUT2D eigenvalue weighted by Gasteiger charge is 2.26. The van der Waals surface area contributed by atoms with Gasteiger partial charge >= 0.3 is 5.69 Å². The maximum atomic E-state index is 11.4. The number of thioether (sulfide) groups is 1. The fourth-order valence-electron chi connectivity index (χ4n) is 1.67. The number of imide groups is 1. The molecule has 21 heavy (non-hydrogen) atoms. The van der Waals surface area contributed by atoms with Crippen molar-refractivity contribution in [2.24, 2.45) is 0 Å². The molecule has 0 unspecified atom stereocenters. The van der Waals surface area contributed by atoms with Crippen molar-refractivity contribution in [1.82, 2.24) is 5.32 Å². The highest BCUT2D eigenvalue weighted by Crippen LogP contribution is 2.38. The quantitative estimate of drug-likeness (QED) is 0.496. The molecule has 2 rings (SSSR count). The molecule has 1 aromatic rings. The maximum absolute atomic E-state index is 11.4. The molecule has 1 aromatic carbocycles. The minimum absolute atomic E-state index is 0.0618. The lowest BCUT2D eigenvalue weighted by Crippen LogP contribution is -2.17. The van der Waals surface area contributed by atoms with Gasteiger partial charge in [0.25, 0.3) is 11.1 Å². The van der Waals surface area contributed by atoms with E-state index >= 15 is 0 Å². The smallest absolute Gasteiger partial charge is 0.315 e. The number of carbonyl (C=O) groups excluding carboxylic acids is 2. The van der Waals surface area contributed by atoms with Crippen LogP contribution in [-0.2, 0) is 4.79 Å². The number of nitro benzene ring substituents is 1. The molecule has 1 heterocycles. The standard InChI is InChI=1S/C12H10N2O6S/c1-2-20-8-4-6(3-7(10(8)15)14(18)19)5-9-11(16)13-12(17)21-9/h3-5,15H,2H2,1H3,(H,13,16,17)/b9-5+. The molecule has 1 saturated heterocycles. The lowest BCUT2D eigenvalue weighted by atomic mass is 10.1. The average molecular weight is 310 g/mol. The van der Waals surface area contributed by atoms with Crippen molar-refractivity contribution in [2.75, 3.05) is 6.61 Å². The van der Waals surface area contributed by atoms with E-state index in [0.717, 1.165) is 6.07 Å². The van der Waals surface area contributed by atoms with Crippen molar-refractivity contribution in [3.63, 3.8) is 0 Å². The van der Waals surface area contributed by atoms with Gasteiger partial charge in [-0.2, -0.15) is 0 Å². The Morgan fingerprint density at radius 3 is 2.71 bits per heavy atom. The minimum atomic E-state index is -0.757. The number of nitro groups is 1. The first-order valence-corrected chi connectivity index (χ1v) is 6.63. The summed E-state index contributed by atoms with van der Waals surface area (Å²) < 4.78 is 5.12. The van der Waals surface area contributed by atoms with E-state index in [1.54, 1.807) is 6.92 Å². The number of phenolic OH excluding ortho intramolecular Hbond substituents is 1. The lowest BCUT2D eigenvalue weighted by Gasteiger charge is -2.07. The van der Waals surface area contributed by atoms with Gasteiger partial charge in [0.1, 0.15) is 0 Å². The molecule has 2 N–H and O–H groups in total. The normalized spacial score (nSPS) is 16.1. The molecule has 0 spiro atoms. The molecule has 0 saturated carbocycles. The van der Waals surface area contributed by atoms with Crippen LogP contribution in [0.3, 0.4) is 0 Å². The monoisotopic (exact) mass is 310 g/mol. The van der Waals surface area contributed by atoms with Gasteiger partial charge in [-0.05, 0) is 36.4 Å². The molecule has 110 valence electrons. The molecule has 1 fully saturated rings. The van der Waals surface area contributed by atoms with Gasteiger partial charge in [0.05, 0.1) is 16.4 Å². The van der Waals surface area contributed by atoms with Crippen molar-refractivity contribution in [3.8, 4) is 11.5 Å². The van der Waals surface area contributed by atoms with Crippen LogP contribution in [0, 0.1) is 10.1 Å². The van der Waals surface area contributed by atoms with Crippen LogP contribution < -0.4 is 10.1 Å². The summed E-state index contributed by atoms with van der Waals surface area (Å²) in [5, 5.41) is 22.2. The Morgan fingerprint density at radius 1 is 1.48 bits per heavy atom. The maximum Gasteiger partial charge on any atom is 0.315 e.